The maximum Gasteiger partial charge on any atom is 0.229 e. The molecule has 0 saturated carbocycles. The Morgan fingerprint density at radius 3 is 2.86 bits per heavy atom. The molecule has 0 bridgehead atoms. The molecule has 0 radical (unpaired) electrons. The fraction of sp³-hybridized carbons (Fsp3) is 0.500. The van der Waals surface area contributed by atoms with Crippen LogP contribution < -0.4 is 15.8 Å². The van der Waals surface area contributed by atoms with Gasteiger partial charge in [0.1, 0.15) is 5.75 Å². The maximum atomic E-state index is 12.1. The van der Waals surface area contributed by atoms with Crippen LogP contribution in [0.4, 0.5) is 5.69 Å². The lowest BCUT2D eigenvalue weighted by Crippen LogP contribution is -2.33. The van der Waals surface area contributed by atoms with Crippen molar-refractivity contribution in [3.05, 3.63) is 24.3 Å². The summed E-state index contributed by atoms with van der Waals surface area (Å²) < 4.78 is 5.54. The molecule has 1 aromatic carbocycles. The highest BCUT2D eigenvalue weighted by Gasteiger charge is 2.20. The molecule has 5 nitrogen and oxygen atoms in total. The van der Waals surface area contributed by atoms with E-state index in [9.17, 15) is 4.79 Å². The molecule has 1 atom stereocenters. The molecule has 1 amide bonds. The summed E-state index contributed by atoms with van der Waals surface area (Å²) in [6, 6.07) is 9.31. The number of amides is 1. The topological polar surface area (TPSA) is 88.1 Å². The molecule has 0 aliphatic heterocycles. The number of nitrogens with two attached hydrogens (primary N) is 1. The van der Waals surface area contributed by atoms with Gasteiger partial charge in [0.15, 0.2) is 0 Å². The number of unbranched alkanes of at least 4 members (excludes halogenated alkanes) is 1. The molecule has 21 heavy (non-hydrogen) atoms. The average molecular weight is 289 g/mol. The van der Waals surface area contributed by atoms with Crippen LogP contribution in [0, 0.1) is 23.2 Å². The van der Waals surface area contributed by atoms with Gasteiger partial charge in [-0.2, -0.15) is 5.26 Å². The first-order valence-electron chi connectivity index (χ1n) is 7.19. The second kappa shape index (κ2) is 8.98. The van der Waals surface area contributed by atoms with Crippen molar-refractivity contribution in [3.8, 4) is 11.8 Å². The monoisotopic (exact) mass is 289 g/mol. The fourth-order valence-corrected chi connectivity index (χ4v) is 1.92. The average Bonchev–Trinajstić information content (AvgIpc) is 2.44. The second-order valence-corrected chi connectivity index (χ2v) is 5.21. The van der Waals surface area contributed by atoms with Gasteiger partial charge in [-0.1, -0.05) is 19.9 Å². The van der Waals surface area contributed by atoms with E-state index >= 15 is 0 Å². The lowest BCUT2D eigenvalue weighted by molar-refractivity contribution is -0.120. The van der Waals surface area contributed by atoms with Crippen LogP contribution in [-0.4, -0.2) is 19.1 Å². The highest BCUT2D eigenvalue weighted by atomic mass is 16.5. The van der Waals surface area contributed by atoms with Gasteiger partial charge in [0.25, 0.3) is 0 Å². The molecule has 1 rings (SSSR count). The lowest BCUT2D eigenvalue weighted by atomic mass is 9.95. The van der Waals surface area contributed by atoms with Gasteiger partial charge in [0, 0.05) is 24.7 Å². The van der Waals surface area contributed by atoms with Gasteiger partial charge < -0.3 is 15.8 Å². The minimum absolute atomic E-state index is 0.0749. The Balaban J connectivity index is 2.60. The molecule has 5 heteroatoms. The van der Waals surface area contributed by atoms with Crippen LogP contribution >= 0.6 is 0 Å². The summed E-state index contributed by atoms with van der Waals surface area (Å²) in [6.45, 7) is 4.77. The normalized spacial score (nSPS) is 11.8. The first-order valence-corrected chi connectivity index (χ1v) is 7.19. The van der Waals surface area contributed by atoms with Gasteiger partial charge >= 0.3 is 0 Å². The Bertz CT molecular complexity index is 495. The summed E-state index contributed by atoms with van der Waals surface area (Å²) in [7, 11) is 0. The zero-order chi connectivity index (χ0) is 15.7. The maximum absolute atomic E-state index is 12.1. The highest BCUT2D eigenvalue weighted by Crippen LogP contribution is 2.19. The van der Waals surface area contributed by atoms with Crippen molar-refractivity contribution in [1.82, 2.24) is 0 Å². The minimum atomic E-state index is -0.204. The summed E-state index contributed by atoms with van der Waals surface area (Å²) in [6.07, 6.45) is 1.17. The van der Waals surface area contributed by atoms with Gasteiger partial charge in [0.2, 0.25) is 5.91 Å². The predicted molar refractivity (Wildman–Crippen MR) is 82.8 cm³/mol. The van der Waals surface area contributed by atoms with Gasteiger partial charge in [0.05, 0.1) is 18.6 Å². The number of ether oxygens (including phenoxy) is 1. The van der Waals surface area contributed by atoms with Gasteiger partial charge in [-0.25, -0.2) is 0 Å². The summed E-state index contributed by atoms with van der Waals surface area (Å²) >= 11 is 0. The predicted octanol–water partition coefficient (Wildman–Crippen LogP) is 2.54. The number of benzene rings is 1. The van der Waals surface area contributed by atoms with Crippen molar-refractivity contribution in [3.63, 3.8) is 0 Å². The molecule has 0 aromatic heterocycles. The van der Waals surface area contributed by atoms with E-state index in [-0.39, 0.29) is 17.7 Å². The number of hydrogen-bond acceptors (Lipinski definition) is 4. The number of nitrogens with one attached hydrogen (secondary N) is 1. The van der Waals surface area contributed by atoms with Crippen LogP contribution in [0.2, 0.25) is 0 Å². The third-order valence-electron chi connectivity index (χ3n) is 3.20. The highest BCUT2D eigenvalue weighted by molar-refractivity contribution is 5.93. The van der Waals surface area contributed by atoms with Crippen molar-refractivity contribution in [2.75, 3.05) is 18.5 Å². The summed E-state index contributed by atoms with van der Waals surface area (Å²) in [5, 5.41) is 11.3. The molecule has 1 aromatic rings. The Morgan fingerprint density at radius 2 is 2.24 bits per heavy atom. The quantitative estimate of drug-likeness (QED) is 0.720. The van der Waals surface area contributed by atoms with Crippen LogP contribution in [0.3, 0.4) is 0 Å². The molecule has 0 fully saturated rings. The Labute approximate surface area is 126 Å². The lowest BCUT2D eigenvalue weighted by Gasteiger charge is -2.18. The molecule has 0 spiro atoms. The summed E-state index contributed by atoms with van der Waals surface area (Å²) in [5.74, 6) is 0.597. The number of carbonyl (C=O) groups excluding carboxylic acids is 1. The van der Waals surface area contributed by atoms with E-state index in [1.807, 2.05) is 32.0 Å². The van der Waals surface area contributed by atoms with E-state index in [4.69, 9.17) is 15.7 Å². The standard InChI is InChI=1S/C16H23N3O2/c1-12(2)15(11-18)16(20)19-13-6-5-7-14(10-13)21-9-4-3-8-17/h5-7,10,12,15H,3-4,9,11,18H2,1-2H3,(H,19,20). The third kappa shape index (κ3) is 5.84. The van der Waals surface area contributed by atoms with E-state index in [2.05, 4.69) is 11.4 Å². The van der Waals surface area contributed by atoms with E-state index in [1.54, 1.807) is 6.07 Å². The molecule has 1 unspecified atom stereocenters. The van der Waals surface area contributed by atoms with Crippen LogP contribution in [0.25, 0.3) is 0 Å². The van der Waals surface area contributed by atoms with Gasteiger partial charge in [-0.05, 0) is 24.5 Å². The van der Waals surface area contributed by atoms with E-state index < -0.39 is 0 Å². The van der Waals surface area contributed by atoms with Gasteiger partial charge in [-0.3, -0.25) is 4.79 Å². The number of nitriles is 1. The first kappa shape index (κ1) is 17.0. The largest absolute Gasteiger partial charge is 0.493 e. The van der Waals surface area contributed by atoms with E-state index in [1.165, 1.54) is 0 Å². The van der Waals surface area contributed by atoms with Crippen LogP contribution in [0.5, 0.6) is 5.75 Å². The fourth-order valence-electron chi connectivity index (χ4n) is 1.92. The number of rotatable bonds is 8. The van der Waals surface area contributed by atoms with Crippen LogP contribution in [0.1, 0.15) is 26.7 Å². The smallest absolute Gasteiger partial charge is 0.229 e. The number of carbonyl (C=O) groups is 1. The summed E-state index contributed by atoms with van der Waals surface area (Å²) in [4.78, 5) is 12.1. The van der Waals surface area contributed by atoms with Crippen molar-refractivity contribution < 1.29 is 9.53 Å². The molecule has 0 aliphatic rings. The SMILES string of the molecule is CC(C)C(CN)C(=O)Nc1cccc(OCCCC#N)c1. The molecule has 0 saturated heterocycles. The van der Waals surface area contributed by atoms with E-state index in [0.717, 1.165) is 0 Å². The molecule has 3 N–H and O–H groups in total. The zero-order valence-electron chi connectivity index (χ0n) is 12.6. The number of hydrogen-bond donors (Lipinski definition) is 2. The van der Waals surface area contributed by atoms with Crippen molar-refractivity contribution >= 4 is 11.6 Å². The van der Waals surface area contributed by atoms with Crippen LogP contribution in [0.15, 0.2) is 24.3 Å². The molecule has 0 aliphatic carbocycles. The molecular weight excluding hydrogens is 266 g/mol. The second-order valence-electron chi connectivity index (χ2n) is 5.21. The zero-order valence-corrected chi connectivity index (χ0v) is 12.6. The molecule has 0 heterocycles. The van der Waals surface area contributed by atoms with Crippen LogP contribution in [-0.2, 0) is 4.79 Å². The minimum Gasteiger partial charge on any atom is -0.493 e. The number of nitrogens with zero attached hydrogens (tertiary/aromatic N) is 1. The van der Waals surface area contributed by atoms with E-state index in [0.29, 0.717) is 37.4 Å². The Kier molecular flexibility index (Phi) is 7.27. The molecule has 114 valence electrons. The third-order valence-corrected chi connectivity index (χ3v) is 3.20. The Morgan fingerprint density at radius 1 is 1.48 bits per heavy atom. The molecular formula is C16H23N3O2. The van der Waals surface area contributed by atoms with Crippen molar-refractivity contribution in [2.45, 2.75) is 26.7 Å². The number of anilines is 1. The van der Waals surface area contributed by atoms with Gasteiger partial charge in [-0.15, -0.1) is 0 Å². The summed E-state index contributed by atoms with van der Waals surface area (Å²) in [5.41, 5.74) is 6.33. The van der Waals surface area contributed by atoms with Crippen molar-refractivity contribution in [1.29, 1.82) is 5.26 Å². The Hall–Kier alpha value is -2.06. The first-order chi connectivity index (χ1) is 10.1. The van der Waals surface area contributed by atoms with Crippen molar-refractivity contribution in [2.24, 2.45) is 17.6 Å².